The number of nitrogens with zero attached hydrogens (tertiary/aromatic N) is 4. The Balaban J connectivity index is 1.78. The van der Waals surface area contributed by atoms with Gasteiger partial charge in [-0.2, -0.15) is 4.74 Å². The largest absolute Gasteiger partial charge is 0.623 e. The molecule has 0 unspecified atom stereocenters. The molecule has 1 aromatic heterocycles. The maximum atomic E-state index is 12.8. The lowest BCUT2D eigenvalue weighted by Gasteiger charge is -2.33. The zero-order valence-corrected chi connectivity index (χ0v) is 12.3. The molecule has 1 fully saturated rings. The Labute approximate surface area is 126 Å². The summed E-state index contributed by atoms with van der Waals surface area (Å²) in [5.74, 6) is -0.415. The molecule has 0 bridgehead atoms. The van der Waals surface area contributed by atoms with Gasteiger partial charge in [0.15, 0.2) is 0 Å². The van der Waals surface area contributed by atoms with Crippen LogP contribution in [0.15, 0.2) is 4.63 Å². The number of ether oxygens (including phenoxy) is 1. The van der Waals surface area contributed by atoms with Crippen molar-refractivity contribution in [2.24, 2.45) is 5.92 Å². The summed E-state index contributed by atoms with van der Waals surface area (Å²) in [4.78, 5) is 2.35. The fourth-order valence-corrected chi connectivity index (χ4v) is 3.97. The fraction of sp³-hybridized carbons (Fsp3) is 0.769. The third kappa shape index (κ3) is 1.61. The highest BCUT2D eigenvalue weighted by Gasteiger charge is 2.65. The number of aromatic nitrogens is 2. The number of morpholine rings is 1. The van der Waals surface area contributed by atoms with E-state index in [-0.39, 0.29) is 5.69 Å². The molecule has 0 saturated carbocycles. The first kappa shape index (κ1) is 13.9. The van der Waals surface area contributed by atoms with Gasteiger partial charge in [-0.1, -0.05) is 6.92 Å². The number of hydroxylamine groups is 1. The maximum absolute atomic E-state index is 12.8. The first-order valence-electron chi connectivity index (χ1n) is 7.51. The first-order chi connectivity index (χ1) is 10.5. The summed E-state index contributed by atoms with van der Waals surface area (Å²) >= 11 is 0. The molecule has 1 saturated heterocycles. The number of rotatable bonds is 1. The van der Waals surface area contributed by atoms with Crippen molar-refractivity contribution >= 4 is 5.71 Å². The van der Waals surface area contributed by atoms with Crippen molar-refractivity contribution in [1.82, 2.24) is 10.1 Å². The van der Waals surface area contributed by atoms with Crippen molar-refractivity contribution in [1.29, 1.82) is 0 Å². The molecule has 22 heavy (non-hydrogen) atoms. The molecule has 0 amide bonds. The Kier molecular flexibility index (Phi) is 2.94. The van der Waals surface area contributed by atoms with Crippen LogP contribution in [0.2, 0.25) is 0 Å². The molecule has 1 N–H and O–H groups in total. The molecule has 3 atom stereocenters. The molecule has 0 radical (unpaired) electrons. The average molecular weight is 310 g/mol. The van der Waals surface area contributed by atoms with Crippen LogP contribution in [0, 0.1) is 16.3 Å². The van der Waals surface area contributed by atoms with Crippen LogP contribution in [0.5, 0.6) is 0 Å². The van der Waals surface area contributed by atoms with E-state index in [2.05, 4.69) is 9.79 Å². The smallest absolute Gasteiger partial charge is 0.263 e. The van der Waals surface area contributed by atoms with Crippen molar-refractivity contribution < 1.29 is 24.1 Å². The average Bonchev–Trinajstić information content (AvgIpc) is 2.99. The van der Waals surface area contributed by atoms with Crippen molar-refractivity contribution in [2.45, 2.75) is 31.5 Å². The number of aliphatic hydroxyl groups is 1. The van der Waals surface area contributed by atoms with Crippen LogP contribution in [0.4, 0.5) is 0 Å². The Morgan fingerprint density at radius 3 is 2.77 bits per heavy atom. The molecular formula is C13H18N4O5. The van der Waals surface area contributed by atoms with E-state index in [1.165, 1.54) is 0 Å². The van der Waals surface area contributed by atoms with Crippen LogP contribution < -0.4 is 4.90 Å². The van der Waals surface area contributed by atoms with Gasteiger partial charge in [-0.15, -0.1) is 0 Å². The summed E-state index contributed by atoms with van der Waals surface area (Å²) in [7, 11) is 0. The highest BCUT2D eigenvalue weighted by molar-refractivity contribution is 5.92. The molecule has 1 aromatic rings. The van der Waals surface area contributed by atoms with Gasteiger partial charge in [0, 0.05) is 31.1 Å². The third-order valence-corrected chi connectivity index (χ3v) is 5.13. The molecule has 9 nitrogen and oxygen atoms in total. The zero-order chi connectivity index (χ0) is 15.5. The van der Waals surface area contributed by atoms with Gasteiger partial charge in [0.1, 0.15) is 0 Å². The minimum Gasteiger partial charge on any atom is -0.623 e. The second kappa shape index (κ2) is 4.64. The van der Waals surface area contributed by atoms with Gasteiger partial charge < -0.3 is 20.3 Å². The molecule has 9 heteroatoms. The van der Waals surface area contributed by atoms with E-state index in [0.717, 1.165) is 4.74 Å². The molecule has 0 spiro atoms. The van der Waals surface area contributed by atoms with Gasteiger partial charge in [0.05, 0.1) is 19.1 Å². The summed E-state index contributed by atoms with van der Waals surface area (Å²) in [5, 5.41) is 39.3. The molecular weight excluding hydrogens is 292 g/mol. The van der Waals surface area contributed by atoms with Gasteiger partial charge in [-0.25, -0.2) is 4.90 Å². The topological polar surface area (TPSA) is 112 Å². The van der Waals surface area contributed by atoms with Gasteiger partial charge in [-0.3, -0.25) is 4.63 Å². The Bertz CT molecular complexity index is 638. The molecule has 1 aliphatic carbocycles. The van der Waals surface area contributed by atoms with E-state index in [9.17, 15) is 15.5 Å². The minimum atomic E-state index is -1.53. The predicted molar refractivity (Wildman–Crippen MR) is 71.7 cm³/mol. The van der Waals surface area contributed by atoms with Gasteiger partial charge in [0.2, 0.25) is 23.2 Å². The fourth-order valence-electron chi connectivity index (χ4n) is 3.97. The first-order valence-corrected chi connectivity index (χ1v) is 7.51. The van der Waals surface area contributed by atoms with Crippen molar-refractivity contribution in [3.05, 3.63) is 21.8 Å². The summed E-state index contributed by atoms with van der Waals surface area (Å²) in [5.41, 5.74) is -0.655. The maximum Gasteiger partial charge on any atom is 0.263 e. The van der Waals surface area contributed by atoms with Gasteiger partial charge in [-0.05, 0) is 4.90 Å². The van der Waals surface area contributed by atoms with Crippen LogP contribution in [-0.2, 0) is 16.8 Å². The Hall–Kier alpha value is -1.71. The summed E-state index contributed by atoms with van der Waals surface area (Å²) in [6.07, 6.45) is 0.203. The van der Waals surface area contributed by atoms with Gasteiger partial charge >= 0.3 is 0 Å². The van der Waals surface area contributed by atoms with E-state index in [0.29, 0.717) is 55.5 Å². The summed E-state index contributed by atoms with van der Waals surface area (Å²) < 4.78 is 10.9. The Morgan fingerprint density at radius 2 is 2.05 bits per heavy atom. The highest BCUT2D eigenvalue weighted by Crippen LogP contribution is 2.44. The standard InChI is InChI=1S/C13H18N4O5/c1-8-12(15-4-6-21-7-5-15)16(19)10-3-2-9-11(13(8,10)18)14-22-17(9)20/h8,12,18H,2-7H2,1H3/t8-,12+,13+/m1/s1. The third-order valence-electron chi connectivity index (χ3n) is 5.13. The van der Waals surface area contributed by atoms with Crippen molar-refractivity contribution in [2.75, 3.05) is 26.3 Å². The van der Waals surface area contributed by atoms with Crippen LogP contribution >= 0.6 is 0 Å². The van der Waals surface area contributed by atoms with E-state index in [1.54, 1.807) is 0 Å². The van der Waals surface area contributed by atoms with Crippen LogP contribution in [0.3, 0.4) is 0 Å². The molecule has 4 rings (SSSR count). The van der Waals surface area contributed by atoms with E-state index in [1.807, 2.05) is 11.8 Å². The number of hydrogen-bond donors (Lipinski definition) is 1. The second-order valence-electron chi connectivity index (χ2n) is 6.11. The van der Waals surface area contributed by atoms with Crippen molar-refractivity contribution in [3.63, 3.8) is 0 Å². The molecule has 3 heterocycles. The SMILES string of the molecule is C[C@@H]1[C@@H](N2CCOCC2)[N+]([O-])=C2CCc3c(no[n+]3[O-])[C@@]21O. The lowest BCUT2D eigenvalue weighted by Crippen LogP contribution is -2.51. The van der Waals surface area contributed by atoms with E-state index < -0.39 is 17.7 Å². The molecule has 2 aliphatic heterocycles. The summed E-state index contributed by atoms with van der Waals surface area (Å²) in [6.45, 7) is 4.24. The van der Waals surface area contributed by atoms with Crippen LogP contribution in [-0.4, -0.2) is 58.1 Å². The minimum absolute atomic E-state index is 0.188. The van der Waals surface area contributed by atoms with E-state index in [4.69, 9.17) is 4.74 Å². The van der Waals surface area contributed by atoms with Crippen LogP contribution in [0.1, 0.15) is 24.7 Å². The normalized spacial score (nSPS) is 35.5. The van der Waals surface area contributed by atoms with Crippen LogP contribution in [0.25, 0.3) is 0 Å². The second-order valence-corrected chi connectivity index (χ2v) is 6.11. The summed E-state index contributed by atoms with van der Waals surface area (Å²) in [6, 6.07) is 0. The molecule has 120 valence electrons. The zero-order valence-electron chi connectivity index (χ0n) is 12.3. The highest BCUT2D eigenvalue weighted by atomic mass is 16.8. The molecule has 0 aromatic carbocycles. The van der Waals surface area contributed by atoms with Crippen molar-refractivity contribution in [3.8, 4) is 0 Å². The van der Waals surface area contributed by atoms with Gasteiger partial charge in [0.25, 0.3) is 5.69 Å². The predicted octanol–water partition coefficient (Wildman–Crippen LogP) is -1.30. The monoisotopic (exact) mass is 310 g/mol. The molecule has 3 aliphatic rings. The lowest BCUT2D eigenvalue weighted by atomic mass is 9.76. The number of fused-ring (bicyclic) bond motifs is 3. The number of hydrogen-bond acceptors (Lipinski definition) is 7. The quantitative estimate of drug-likeness (QED) is 0.507. The van der Waals surface area contributed by atoms with E-state index >= 15 is 0 Å². The lowest BCUT2D eigenvalue weighted by molar-refractivity contribution is -0.808. The Morgan fingerprint density at radius 1 is 1.32 bits per heavy atom.